The molecule has 0 unspecified atom stereocenters. The number of ketones is 1. The number of carbonyl (C=O) groups excluding carboxylic acids is 1. The Bertz CT molecular complexity index is 418. The molecule has 4 nitrogen and oxygen atoms in total. The lowest BCUT2D eigenvalue weighted by Crippen LogP contribution is -2.21. The number of aromatic nitrogens is 2. The van der Waals surface area contributed by atoms with Crippen molar-refractivity contribution in [3.63, 3.8) is 0 Å². The van der Waals surface area contributed by atoms with Crippen molar-refractivity contribution in [1.29, 1.82) is 0 Å². The quantitative estimate of drug-likeness (QED) is 0.834. The van der Waals surface area contributed by atoms with Crippen molar-refractivity contribution in [2.75, 3.05) is 0 Å². The number of aryl methyl sites for hydroxylation is 2. The molecule has 17 heavy (non-hydrogen) atoms. The maximum absolute atomic E-state index is 11.1. The maximum Gasteiger partial charge on any atom is 0.133 e. The van der Waals surface area contributed by atoms with E-state index in [1.807, 2.05) is 14.0 Å². The summed E-state index contributed by atoms with van der Waals surface area (Å²) < 4.78 is 7.46. The topological polar surface area (TPSA) is 44.1 Å². The maximum atomic E-state index is 11.1. The highest BCUT2D eigenvalue weighted by Crippen LogP contribution is 2.23. The fraction of sp³-hybridized carbons (Fsp3) is 0.667. The first-order valence-corrected chi connectivity index (χ1v) is 6.27. The molecule has 1 aromatic heterocycles. The molecule has 1 aromatic rings. The lowest BCUT2D eigenvalue weighted by atomic mass is 9.96. The summed E-state index contributed by atoms with van der Waals surface area (Å²) in [5.41, 5.74) is 1.86. The summed E-state index contributed by atoms with van der Waals surface area (Å²) in [6.07, 6.45) is 3.13. The standard InChI is InChI=1S/C12H17ClN2O2/c1-8-11(12(13)15(2)14-8)7-17-10-5-3-9(16)4-6-10/h10H,3-7H2,1-2H3. The van der Waals surface area contributed by atoms with E-state index in [9.17, 15) is 4.79 Å². The Kier molecular flexibility index (Phi) is 3.84. The SMILES string of the molecule is Cc1nn(C)c(Cl)c1COC1CCC(=O)CC1. The van der Waals surface area contributed by atoms with E-state index in [4.69, 9.17) is 16.3 Å². The van der Waals surface area contributed by atoms with Gasteiger partial charge in [-0.2, -0.15) is 5.10 Å². The van der Waals surface area contributed by atoms with Gasteiger partial charge in [0.1, 0.15) is 10.9 Å². The number of rotatable bonds is 3. The van der Waals surface area contributed by atoms with Crippen molar-refractivity contribution < 1.29 is 9.53 Å². The molecule has 0 radical (unpaired) electrons. The molecule has 0 saturated heterocycles. The Labute approximate surface area is 106 Å². The summed E-state index contributed by atoms with van der Waals surface area (Å²) in [6, 6.07) is 0. The highest BCUT2D eigenvalue weighted by Gasteiger charge is 2.20. The molecule has 0 aromatic carbocycles. The van der Waals surface area contributed by atoms with Crippen LogP contribution in [0.4, 0.5) is 0 Å². The van der Waals surface area contributed by atoms with Crippen LogP contribution in [0.25, 0.3) is 0 Å². The van der Waals surface area contributed by atoms with Crippen LogP contribution in [0, 0.1) is 6.92 Å². The molecule has 5 heteroatoms. The molecule has 1 aliphatic rings. The summed E-state index contributed by atoms with van der Waals surface area (Å²) in [4.78, 5) is 11.1. The van der Waals surface area contributed by atoms with Gasteiger partial charge >= 0.3 is 0 Å². The molecule has 0 atom stereocenters. The Morgan fingerprint density at radius 1 is 1.47 bits per heavy atom. The van der Waals surface area contributed by atoms with Gasteiger partial charge in [0.25, 0.3) is 0 Å². The molecule has 1 saturated carbocycles. The number of hydrogen-bond acceptors (Lipinski definition) is 3. The molecule has 0 bridgehead atoms. The van der Waals surface area contributed by atoms with Crippen LogP contribution in [0.1, 0.15) is 36.9 Å². The predicted molar refractivity (Wildman–Crippen MR) is 65.0 cm³/mol. The second-order valence-corrected chi connectivity index (χ2v) is 4.89. The van der Waals surface area contributed by atoms with E-state index in [1.165, 1.54) is 0 Å². The van der Waals surface area contributed by atoms with Gasteiger partial charge in [-0.3, -0.25) is 9.48 Å². The number of nitrogens with zero attached hydrogens (tertiary/aromatic N) is 2. The van der Waals surface area contributed by atoms with Crippen LogP contribution in [0.5, 0.6) is 0 Å². The van der Waals surface area contributed by atoms with Crippen molar-refractivity contribution in [2.45, 2.75) is 45.3 Å². The summed E-state index contributed by atoms with van der Waals surface area (Å²) in [5, 5.41) is 4.87. The molecule has 1 aliphatic carbocycles. The zero-order chi connectivity index (χ0) is 12.4. The van der Waals surface area contributed by atoms with Crippen LogP contribution in [0.2, 0.25) is 5.15 Å². The molecule has 0 amide bonds. The minimum Gasteiger partial charge on any atom is -0.373 e. The van der Waals surface area contributed by atoms with Gasteiger partial charge in [-0.15, -0.1) is 0 Å². The van der Waals surface area contributed by atoms with Crippen molar-refractivity contribution >= 4 is 17.4 Å². The monoisotopic (exact) mass is 256 g/mol. The average molecular weight is 257 g/mol. The molecule has 0 spiro atoms. The molecule has 0 aliphatic heterocycles. The van der Waals surface area contributed by atoms with Crippen molar-refractivity contribution in [3.8, 4) is 0 Å². The molecule has 2 rings (SSSR count). The summed E-state index contributed by atoms with van der Waals surface area (Å²) >= 11 is 6.12. The molecule has 1 heterocycles. The van der Waals surface area contributed by atoms with E-state index in [2.05, 4.69) is 5.10 Å². The molecule has 1 fully saturated rings. The third kappa shape index (κ3) is 2.87. The zero-order valence-electron chi connectivity index (χ0n) is 10.2. The third-order valence-electron chi connectivity index (χ3n) is 3.22. The summed E-state index contributed by atoms with van der Waals surface area (Å²) in [6.45, 7) is 2.41. The van der Waals surface area contributed by atoms with Gasteiger partial charge in [-0.25, -0.2) is 0 Å². The molecule has 94 valence electrons. The average Bonchev–Trinajstić information content (AvgIpc) is 2.54. The lowest BCUT2D eigenvalue weighted by molar-refractivity contribution is -0.123. The van der Waals surface area contributed by atoms with Crippen molar-refractivity contribution in [3.05, 3.63) is 16.4 Å². The Hall–Kier alpha value is -0.870. The summed E-state index contributed by atoms with van der Waals surface area (Å²) in [7, 11) is 1.82. The van der Waals surface area contributed by atoms with Crippen LogP contribution in [-0.2, 0) is 23.2 Å². The number of Topliss-reactive ketones (excluding diaryl/α,β-unsaturated/α-hetero) is 1. The van der Waals surface area contributed by atoms with Crippen molar-refractivity contribution in [1.82, 2.24) is 9.78 Å². The third-order valence-corrected chi connectivity index (χ3v) is 3.70. The van der Waals surface area contributed by atoms with Crippen LogP contribution in [-0.4, -0.2) is 21.7 Å². The van der Waals surface area contributed by atoms with Gasteiger partial charge in [0.05, 0.1) is 18.4 Å². The van der Waals surface area contributed by atoms with Crippen LogP contribution >= 0.6 is 11.6 Å². The van der Waals surface area contributed by atoms with Crippen LogP contribution < -0.4 is 0 Å². The number of ether oxygens (including phenoxy) is 1. The number of carbonyl (C=O) groups is 1. The fourth-order valence-electron chi connectivity index (χ4n) is 2.12. The Morgan fingerprint density at radius 2 is 2.12 bits per heavy atom. The molecular formula is C12H17ClN2O2. The molecular weight excluding hydrogens is 240 g/mol. The number of halogens is 1. The normalized spacial score (nSPS) is 17.7. The highest BCUT2D eigenvalue weighted by atomic mass is 35.5. The molecule has 0 N–H and O–H groups in total. The first-order chi connectivity index (χ1) is 8.08. The van der Waals surface area contributed by atoms with Gasteiger partial charge in [0.15, 0.2) is 0 Å². The fourth-order valence-corrected chi connectivity index (χ4v) is 2.35. The van der Waals surface area contributed by atoms with E-state index in [0.717, 1.165) is 24.1 Å². The van der Waals surface area contributed by atoms with Gasteiger partial charge in [0.2, 0.25) is 0 Å². The minimum absolute atomic E-state index is 0.184. The van der Waals surface area contributed by atoms with E-state index < -0.39 is 0 Å². The first-order valence-electron chi connectivity index (χ1n) is 5.89. The highest BCUT2D eigenvalue weighted by molar-refractivity contribution is 6.30. The van der Waals surface area contributed by atoms with Gasteiger partial charge in [-0.05, 0) is 19.8 Å². The van der Waals surface area contributed by atoms with E-state index in [0.29, 0.717) is 30.4 Å². The first kappa shape index (κ1) is 12.6. The lowest BCUT2D eigenvalue weighted by Gasteiger charge is -2.21. The van der Waals surface area contributed by atoms with Gasteiger partial charge < -0.3 is 4.74 Å². The van der Waals surface area contributed by atoms with Gasteiger partial charge in [0, 0.05) is 25.5 Å². The second kappa shape index (κ2) is 5.19. The largest absolute Gasteiger partial charge is 0.373 e. The smallest absolute Gasteiger partial charge is 0.133 e. The van der Waals surface area contributed by atoms with Crippen LogP contribution in [0.15, 0.2) is 0 Å². The van der Waals surface area contributed by atoms with E-state index in [-0.39, 0.29) is 6.10 Å². The second-order valence-electron chi connectivity index (χ2n) is 4.53. The van der Waals surface area contributed by atoms with Crippen LogP contribution in [0.3, 0.4) is 0 Å². The van der Waals surface area contributed by atoms with E-state index >= 15 is 0 Å². The Balaban J connectivity index is 1.91. The van der Waals surface area contributed by atoms with Gasteiger partial charge in [-0.1, -0.05) is 11.6 Å². The Morgan fingerprint density at radius 3 is 2.65 bits per heavy atom. The zero-order valence-corrected chi connectivity index (χ0v) is 11.0. The van der Waals surface area contributed by atoms with Crippen molar-refractivity contribution in [2.24, 2.45) is 7.05 Å². The predicted octanol–water partition coefficient (Wildman–Crippen LogP) is 2.41. The summed E-state index contributed by atoms with van der Waals surface area (Å²) in [5.74, 6) is 0.348. The number of hydrogen-bond donors (Lipinski definition) is 0. The van der Waals surface area contributed by atoms with E-state index in [1.54, 1.807) is 4.68 Å². The minimum atomic E-state index is 0.184.